The zero-order chi connectivity index (χ0) is 17.1. The zero-order valence-corrected chi connectivity index (χ0v) is 14.0. The largest absolute Gasteiger partial charge is 0.341 e. The van der Waals surface area contributed by atoms with Crippen molar-refractivity contribution < 1.29 is 9.18 Å². The van der Waals surface area contributed by atoms with E-state index in [-0.39, 0.29) is 34.7 Å². The zero-order valence-electron chi connectivity index (χ0n) is 13.3. The molecule has 2 atom stereocenters. The molecule has 24 heavy (non-hydrogen) atoms. The van der Waals surface area contributed by atoms with Gasteiger partial charge in [-0.05, 0) is 30.2 Å². The van der Waals surface area contributed by atoms with Crippen LogP contribution >= 0.6 is 11.6 Å². The summed E-state index contributed by atoms with van der Waals surface area (Å²) in [6, 6.07) is 14.6. The van der Waals surface area contributed by atoms with E-state index in [2.05, 4.69) is 12.1 Å². The number of benzene rings is 2. The van der Waals surface area contributed by atoms with Crippen LogP contribution in [0.1, 0.15) is 17.0 Å². The lowest BCUT2D eigenvalue weighted by Crippen LogP contribution is -2.31. The molecule has 0 unspecified atom stereocenters. The Kier molecular flexibility index (Phi) is 5.17. The van der Waals surface area contributed by atoms with Crippen molar-refractivity contribution in [1.29, 1.82) is 0 Å². The van der Waals surface area contributed by atoms with Gasteiger partial charge >= 0.3 is 0 Å². The molecule has 1 saturated heterocycles. The minimum atomic E-state index is -0.440. The highest BCUT2D eigenvalue weighted by Crippen LogP contribution is 2.32. The third-order valence-electron chi connectivity index (χ3n) is 4.71. The molecule has 0 radical (unpaired) electrons. The number of nitrogens with two attached hydrogens (primary N) is 1. The summed E-state index contributed by atoms with van der Waals surface area (Å²) in [5.74, 6) is -0.118. The van der Waals surface area contributed by atoms with Crippen LogP contribution in [-0.2, 0) is 11.2 Å². The summed E-state index contributed by atoms with van der Waals surface area (Å²) in [6.07, 6.45) is -0.0235. The van der Waals surface area contributed by atoms with Crippen molar-refractivity contribution >= 4 is 17.5 Å². The fourth-order valence-electron chi connectivity index (χ4n) is 3.36. The lowest BCUT2D eigenvalue weighted by atomic mass is 9.89. The van der Waals surface area contributed by atoms with Crippen LogP contribution in [0.2, 0.25) is 5.02 Å². The van der Waals surface area contributed by atoms with E-state index < -0.39 is 5.82 Å². The van der Waals surface area contributed by atoms with Crippen LogP contribution in [-0.4, -0.2) is 30.4 Å². The fraction of sp³-hybridized carbons (Fsp3) is 0.316. The number of hydrogen-bond acceptors (Lipinski definition) is 2. The molecule has 1 aliphatic heterocycles. The summed E-state index contributed by atoms with van der Waals surface area (Å²) in [5.41, 5.74) is 7.35. The number of carbonyl (C=O) groups is 1. The highest BCUT2D eigenvalue weighted by molar-refractivity contribution is 6.31. The van der Waals surface area contributed by atoms with Crippen LogP contribution in [0.4, 0.5) is 4.39 Å². The molecule has 2 N–H and O–H groups in total. The van der Waals surface area contributed by atoms with Gasteiger partial charge in [0, 0.05) is 29.6 Å². The molecule has 3 nitrogen and oxygen atoms in total. The maximum atomic E-state index is 13.9. The first-order valence-corrected chi connectivity index (χ1v) is 8.43. The highest BCUT2D eigenvalue weighted by atomic mass is 35.5. The highest BCUT2D eigenvalue weighted by Gasteiger charge is 2.35. The van der Waals surface area contributed by atoms with E-state index in [1.54, 1.807) is 11.0 Å². The molecule has 1 amide bonds. The molecule has 0 bridgehead atoms. The predicted molar refractivity (Wildman–Crippen MR) is 93.4 cm³/mol. The Balaban J connectivity index is 1.75. The Morgan fingerprint density at radius 3 is 2.58 bits per heavy atom. The van der Waals surface area contributed by atoms with Crippen LogP contribution in [0.3, 0.4) is 0 Å². The standard InChI is InChI=1S/C19H20ClFN2O/c20-17-7-4-8-18(21)15(17)9-19(24)23-11-14(10-22)16(12-23)13-5-2-1-3-6-13/h1-8,14,16H,9-12,22H2/t14-,16+/m1/s1. The molecule has 1 aliphatic rings. The average Bonchev–Trinajstić information content (AvgIpc) is 3.03. The molecule has 2 aromatic carbocycles. The van der Waals surface area contributed by atoms with Gasteiger partial charge < -0.3 is 10.6 Å². The van der Waals surface area contributed by atoms with Crippen molar-refractivity contribution in [1.82, 2.24) is 4.90 Å². The second kappa shape index (κ2) is 7.32. The van der Waals surface area contributed by atoms with Crippen molar-refractivity contribution in [3.8, 4) is 0 Å². The summed E-state index contributed by atoms with van der Waals surface area (Å²) < 4.78 is 13.9. The second-order valence-electron chi connectivity index (χ2n) is 6.19. The van der Waals surface area contributed by atoms with Gasteiger partial charge in [0.25, 0.3) is 0 Å². The number of amides is 1. The Hall–Kier alpha value is -1.91. The summed E-state index contributed by atoms with van der Waals surface area (Å²) in [4.78, 5) is 14.4. The summed E-state index contributed by atoms with van der Waals surface area (Å²) in [5, 5.41) is 0.289. The van der Waals surface area contributed by atoms with Gasteiger partial charge in [-0.3, -0.25) is 4.79 Å². The first kappa shape index (κ1) is 16.9. The van der Waals surface area contributed by atoms with Gasteiger partial charge in [0.2, 0.25) is 5.91 Å². The summed E-state index contributed by atoms with van der Waals surface area (Å²) >= 11 is 6.03. The lowest BCUT2D eigenvalue weighted by Gasteiger charge is -2.17. The van der Waals surface area contributed by atoms with Crippen molar-refractivity contribution in [3.05, 3.63) is 70.5 Å². The molecule has 1 fully saturated rings. The Bertz CT molecular complexity index is 702. The van der Waals surface area contributed by atoms with Gasteiger partial charge in [-0.25, -0.2) is 4.39 Å². The van der Waals surface area contributed by atoms with E-state index in [0.717, 1.165) is 0 Å². The van der Waals surface area contributed by atoms with Gasteiger partial charge in [-0.2, -0.15) is 0 Å². The Morgan fingerprint density at radius 2 is 1.92 bits per heavy atom. The van der Waals surface area contributed by atoms with Gasteiger partial charge in [0.1, 0.15) is 5.82 Å². The van der Waals surface area contributed by atoms with Gasteiger partial charge in [0.15, 0.2) is 0 Å². The lowest BCUT2D eigenvalue weighted by molar-refractivity contribution is -0.129. The van der Waals surface area contributed by atoms with Crippen LogP contribution in [0.5, 0.6) is 0 Å². The Labute approximate surface area is 146 Å². The average molecular weight is 347 g/mol. The normalized spacial score (nSPS) is 20.4. The minimum absolute atomic E-state index is 0.0235. The number of hydrogen-bond donors (Lipinski definition) is 1. The summed E-state index contributed by atoms with van der Waals surface area (Å²) in [7, 11) is 0. The van der Waals surface area contributed by atoms with Crippen molar-refractivity contribution in [3.63, 3.8) is 0 Å². The molecule has 1 heterocycles. The number of rotatable bonds is 4. The van der Waals surface area contributed by atoms with Crippen molar-refractivity contribution in [2.45, 2.75) is 12.3 Å². The maximum Gasteiger partial charge on any atom is 0.227 e. The molecular weight excluding hydrogens is 327 g/mol. The maximum absolute atomic E-state index is 13.9. The van der Waals surface area contributed by atoms with E-state index in [1.165, 1.54) is 17.7 Å². The second-order valence-corrected chi connectivity index (χ2v) is 6.60. The smallest absolute Gasteiger partial charge is 0.227 e. The monoisotopic (exact) mass is 346 g/mol. The minimum Gasteiger partial charge on any atom is -0.341 e. The van der Waals surface area contributed by atoms with Crippen LogP contribution in [0.25, 0.3) is 0 Å². The first-order chi connectivity index (χ1) is 11.6. The van der Waals surface area contributed by atoms with Crippen LogP contribution in [0.15, 0.2) is 48.5 Å². The van der Waals surface area contributed by atoms with E-state index in [9.17, 15) is 9.18 Å². The third kappa shape index (κ3) is 3.45. The molecule has 0 spiro atoms. The first-order valence-electron chi connectivity index (χ1n) is 8.05. The fourth-order valence-corrected chi connectivity index (χ4v) is 3.59. The topological polar surface area (TPSA) is 46.3 Å². The SMILES string of the molecule is NC[C@@H]1CN(C(=O)Cc2c(F)cccc2Cl)C[C@H]1c1ccccc1. The van der Waals surface area contributed by atoms with Gasteiger partial charge in [-0.1, -0.05) is 48.0 Å². The van der Waals surface area contributed by atoms with Crippen LogP contribution < -0.4 is 5.73 Å². The van der Waals surface area contributed by atoms with Gasteiger partial charge in [-0.15, -0.1) is 0 Å². The third-order valence-corrected chi connectivity index (χ3v) is 5.07. The van der Waals surface area contributed by atoms with E-state index in [1.807, 2.05) is 18.2 Å². The van der Waals surface area contributed by atoms with E-state index >= 15 is 0 Å². The van der Waals surface area contributed by atoms with E-state index in [0.29, 0.717) is 19.6 Å². The van der Waals surface area contributed by atoms with Crippen molar-refractivity contribution in [2.75, 3.05) is 19.6 Å². The quantitative estimate of drug-likeness (QED) is 0.924. The number of carbonyl (C=O) groups excluding carboxylic acids is 1. The van der Waals surface area contributed by atoms with Crippen LogP contribution in [0, 0.1) is 11.7 Å². The molecule has 2 aromatic rings. The van der Waals surface area contributed by atoms with Gasteiger partial charge in [0.05, 0.1) is 6.42 Å². The molecule has 126 valence electrons. The molecule has 5 heteroatoms. The molecule has 0 aromatic heterocycles. The number of halogens is 2. The number of nitrogens with zero attached hydrogens (tertiary/aromatic N) is 1. The Morgan fingerprint density at radius 1 is 1.17 bits per heavy atom. The van der Waals surface area contributed by atoms with E-state index in [4.69, 9.17) is 17.3 Å². The molecule has 0 aliphatic carbocycles. The van der Waals surface area contributed by atoms with Crippen molar-refractivity contribution in [2.24, 2.45) is 11.7 Å². The molecular formula is C19H20ClFN2O. The molecule has 3 rings (SSSR count). The predicted octanol–water partition coefficient (Wildman–Crippen LogP) is 3.22. The summed E-state index contributed by atoms with van der Waals surface area (Å²) in [6.45, 7) is 1.72. The molecule has 0 saturated carbocycles. The number of likely N-dealkylation sites (tertiary alicyclic amines) is 1.